The summed E-state index contributed by atoms with van der Waals surface area (Å²) in [5.74, 6) is -0.597. The maximum absolute atomic E-state index is 12.1. The van der Waals surface area contributed by atoms with Crippen molar-refractivity contribution in [2.45, 2.75) is 52.8 Å². The molecule has 1 unspecified atom stereocenters. The molecule has 106 valence electrons. The molecule has 1 heterocycles. The molecule has 0 spiro atoms. The second-order valence-corrected chi connectivity index (χ2v) is 5.30. The molecule has 1 rings (SSSR count). The van der Waals surface area contributed by atoms with E-state index in [1.165, 1.54) is 23.8 Å². The van der Waals surface area contributed by atoms with Crippen molar-refractivity contribution in [3.8, 4) is 0 Å². The molecule has 1 aromatic rings. The van der Waals surface area contributed by atoms with Gasteiger partial charge in [0.25, 0.3) is 5.56 Å². The van der Waals surface area contributed by atoms with Crippen molar-refractivity contribution in [1.29, 1.82) is 0 Å². The zero-order valence-electron chi connectivity index (χ0n) is 12.0. The van der Waals surface area contributed by atoms with Gasteiger partial charge in [-0.2, -0.15) is 0 Å². The van der Waals surface area contributed by atoms with Crippen molar-refractivity contribution in [1.82, 2.24) is 9.13 Å². The Morgan fingerprint density at radius 1 is 1.37 bits per heavy atom. The lowest BCUT2D eigenvalue weighted by Gasteiger charge is -2.23. The number of ether oxygens (including phenoxy) is 1. The summed E-state index contributed by atoms with van der Waals surface area (Å²) in [4.78, 5) is 35.7. The molecular formula is C13H20N2O4. The molecule has 0 N–H and O–H groups in total. The highest BCUT2D eigenvalue weighted by Gasteiger charge is 2.25. The topological polar surface area (TPSA) is 70.3 Å². The number of esters is 1. The Kier molecular flexibility index (Phi) is 4.34. The van der Waals surface area contributed by atoms with Crippen LogP contribution in [0, 0.1) is 0 Å². The number of nitrogens with zero attached hydrogens (tertiary/aromatic N) is 2. The van der Waals surface area contributed by atoms with Crippen molar-refractivity contribution in [2.24, 2.45) is 0 Å². The largest absolute Gasteiger partial charge is 0.458 e. The van der Waals surface area contributed by atoms with Crippen LogP contribution in [0.5, 0.6) is 0 Å². The van der Waals surface area contributed by atoms with Gasteiger partial charge >= 0.3 is 11.7 Å². The fraction of sp³-hybridized carbons (Fsp3) is 0.615. The Hall–Kier alpha value is -1.85. The molecule has 0 bridgehead atoms. The Morgan fingerprint density at radius 2 is 1.95 bits per heavy atom. The van der Waals surface area contributed by atoms with Gasteiger partial charge in [-0.15, -0.1) is 0 Å². The predicted octanol–water partition coefficient (Wildman–Crippen LogP) is 0.933. The lowest BCUT2D eigenvalue weighted by atomic mass is 10.2. The molecule has 1 aromatic heterocycles. The van der Waals surface area contributed by atoms with Crippen LogP contribution in [0.25, 0.3) is 0 Å². The van der Waals surface area contributed by atoms with E-state index in [1.54, 1.807) is 27.7 Å². The first-order chi connectivity index (χ1) is 8.67. The van der Waals surface area contributed by atoms with E-state index in [2.05, 4.69) is 0 Å². The molecular weight excluding hydrogens is 248 g/mol. The first kappa shape index (κ1) is 15.2. The fourth-order valence-corrected chi connectivity index (χ4v) is 1.62. The summed E-state index contributed by atoms with van der Waals surface area (Å²) in [6, 6.07) is 0.324. The van der Waals surface area contributed by atoms with Crippen LogP contribution in [-0.2, 0) is 16.1 Å². The summed E-state index contributed by atoms with van der Waals surface area (Å²) in [5.41, 5.74) is -1.67. The molecule has 0 aliphatic carbocycles. The molecule has 0 aliphatic rings. The summed E-state index contributed by atoms with van der Waals surface area (Å²) < 4.78 is 7.47. The van der Waals surface area contributed by atoms with Crippen molar-refractivity contribution in [3.05, 3.63) is 33.1 Å². The Balaban J connectivity index is 3.20. The van der Waals surface area contributed by atoms with Gasteiger partial charge in [0.2, 0.25) is 0 Å². The summed E-state index contributed by atoms with van der Waals surface area (Å²) in [5, 5.41) is 0. The van der Waals surface area contributed by atoms with Gasteiger partial charge in [-0.3, -0.25) is 4.79 Å². The molecule has 1 atom stereocenters. The van der Waals surface area contributed by atoms with Crippen LogP contribution in [0.15, 0.2) is 21.9 Å². The Labute approximate surface area is 111 Å². The third-order valence-electron chi connectivity index (χ3n) is 2.56. The zero-order chi connectivity index (χ0) is 14.8. The van der Waals surface area contributed by atoms with Gasteiger partial charge < -0.3 is 9.30 Å². The van der Waals surface area contributed by atoms with Crippen LogP contribution in [0.4, 0.5) is 0 Å². The number of rotatable bonds is 3. The van der Waals surface area contributed by atoms with E-state index in [0.717, 1.165) is 4.57 Å². The smallest absolute Gasteiger partial charge is 0.331 e. The zero-order valence-corrected chi connectivity index (χ0v) is 12.0. The summed E-state index contributed by atoms with van der Waals surface area (Å²) in [6.07, 6.45) is 1.42. The fourth-order valence-electron chi connectivity index (χ4n) is 1.62. The third-order valence-corrected chi connectivity index (χ3v) is 2.56. The van der Waals surface area contributed by atoms with E-state index >= 15 is 0 Å². The maximum atomic E-state index is 12.1. The molecule has 0 aliphatic heterocycles. The van der Waals surface area contributed by atoms with Crippen molar-refractivity contribution in [2.75, 3.05) is 0 Å². The second kappa shape index (κ2) is 5.42. The van der Waals surface area contributed by atoms with Gasteiger partial charge in [-0.1, -0.05) is 0 Å². The normalized spacial score (nSPS) is 13.1. The van der Waals surface area contributed by atoms with Gasteiger partial charge in [-0.25, -0.2) is 14.2 Å². The number of hydrogen-bond acceptors (Lipinski definition) is 4. The van der Waals surface area contributed by atoms with E-state index in [0.29, 0.717) is 6.54 Å². The highest BCUT2D eigenvalue weighted by molar-refractivity contribution is 5.74. The monoisotopic (exact) mass is 268 g/mol. The van der Waals surface area contributed by atoms with E-state index < -0.39 is 28.9 Å². The third kappa shape index (κ3) is 3.56. The van der Waals surface area contributed by atoms with Gasteiger partial charge in [0, 0.05) is 18.8 Å². The van der Waals surface area contributed by atoms with Gasteiger partial charge in [0.1, 0.15) is 11.6 Å². The Bertz CT molecular complexity index is 578. The van der Waals surface area contributed by atoms with E-state index in [4.69, 9.17) is 4.74 Å². The van der Waals surface area contributed by atoms with Crippen LogP contribution in [0.1, 0.15) is 40.7 Å². The van der Waals surface area contributed by atoms with Crippen LogP contribution in [-0.4, -0.2) is 20.7 Å². The van der Waals surface area contributed by atoms with Gasteiger partial charge in [0.05, 0.1) is 0 Å². The Morgan fingerprint density at radius 3 is 2.42 bits per heavy atom. The van der Waals surface area contributed by atoms with Crippen LogP contribution in [0.2, 0.25) is 0 Å². The van der Waals surface area contributed by atoms with Gasteiger partial charge in [-0.05, 0) is 34.6 Å². The van der Waals surface area contributed by atoms with E-state index in [9.17, 15) is 14.4 Å². The standard InChI is InChI=1S/C13H20N2O4/c1-6-14-8-7-10(16)15(12(14)18)9(2)11(17)19-13(3,4)5/h7-9H,6H2,1-5H3. The summed E-state index contributed by atoms with van der Waals surface area (Å²) >= 11 is 0. The van der Waals surface area contributed by atoms with Gasteiger partial charge in [0.15, 0.2) is 0 Å². The van der Waals surface area contributed by atoms with Crippen molar-refractivity contribution < 1.29 is 9.53 Å². The van der Waals surface area contributed by atoms with E-state index in [-0.39, 0.29) is 0 Å². The second-order valence-electron chi connectivity index (χ2n) is 5.30. The molecule has 0 amide bonds. The van der Waals surface area contributed by atoms with Crippen molar-refractivity contribution >= 4 is 5.97 Å². The number of aryl methyl sites for hydroxylation is 1. The molecule has 0 aromatic carbocycles. The molecule has 0 fully saturated rings. The molecule has 6 nitrogen and oxygen atoms in total. The number of carbonyl (C=O) groups is 1. The van der Waals surface area contributed by atoms with Crippen LogP contribution in [0.3, 0.4) is 0 Å². The quantitative estimate of drug-likeness (QED) is 0.765. The van der Waals surface area contributed by atoms with E-state index in [1.807, 2.05) is 0 Å². The summed E-state index contributed by atoms with van der Waals surface area (Å²) in [7, 11) is 0. The number of hydrogen-bond donors (Lipinski definition) is 0. The van der Waals surface area contributed by atoms with Crippen molar-refractivity contribution in [3.63, 3.8) is 0 Å². The molecule has 19 heavy (non-hydrogen) atoms. The molecule has 6 heteroatoms. The lowest BCUT2D eigenvalue weighted by molar-refractivity contribution is -0.158. The summed E-state index contributed by atoms with van der Waals surface area (Å²) in [6.45, 7) is 8.90. The average molecular weight is 268 g/mol. The SMILES string of the molecule is CCn1ccc(=O)n(C(C)C(=O)OC(C)(C)C)c1=O. The minimum absolute atomic E-state index is 0.431. The highest BCUT2D eigenvalue weighted by Crippen LogP contribution is 2.12. The molecule has 0 saturated carbocycles. The average Bonchev–Trinajstić information content (AvgIpc) is 2.26. The van der Waals surface area contributed by atoms with Crippen LogP contribution < -0.4 is 11.2 Å². The minimum atomic E-state index is -0.946. The first-order valence-electron chi connectivity index (χ1n) is 6.22. The maximum Gasteiger partial charge on any atom is 0.331 e. The number of aromatic nitrogens is 2. The van der Waals surface area contributed by atoms with Crippen LogP contribution >= 0.6 is 0 Å². The predicted molar refractivity (Wildman–Crippen MR) is 71.2 cm³/mol. The number of carbonyl (C=O) groups excluding carboxylic acids is 1. The first-order valence-corrected chi connectivity index (χ1v) is 6.22. The minimum Gasteiger partial charge on any atom is -0.458 e. The lowest BCUT2D eigenvalue weighted by Crippen LogP contribution is -2.44. The molecule has 0 radical (unpaired) electrons. The molecule has 0 saturated heterocycles. The highest BCUT2D eigenvalue weighted by atomic mass is 16.6.